The first kappa shape index (κ1) is 11.6. The van der Waals surface area contributed by atoms with Crippen molar-refractivity contribution in [3.63, 3.8) is 0 Å². The Bertz CT molecular complexity index is 481. The molecule has 0 bridgehead atoms. The predicted molar refractivity (Wildman–Crippen MR) is 69.6 cm³/mol. The van der Waals surface area contributed by atoms with Crippen molar-refractivity contribution >= 4 is 26.8 Å². The van der Waals surface area contributed by atoms with Gasteiger partial charge in [0, 0.05) is 34.7 Å². The number of nitrogens with one attached hydrogen (secondary N) is 1. The van der Waals surface area contributed by atoms with Gasteiger partial charge in [0.25, 0.3) is 0 Å². The number of aliphatic hydroxyl groups excluding tert-OH is 1. The summed E-state index contributed by atoms with van der Waals surface area (Å²) in [6, 6.07) is 8.15. The second kappa shape index (κ2) is 4.99. The van der Waals surface area contributed by atoms with Crippen molar-refractivity contribution in [3.8, 4) is 0 Å². The van der Waals surface area contributed by atoms with Crippen molar-refractivity contribution in [1.29, 1.82) is 0 Å². The van der Waals surface area contributed by atoms with E-state index in [1.807, 2.05) is 25.4 Å². The molecule has 86 valence electrons. The Hall–Kier alpha value is -0.840. The lowest BCUT2D eigenvalue weighted by atomic mass is 10.2. The molecule has 0 radical (unpaired) electrons. The van der Waals surface area contributed by atoms with Crippen LogP contribution in [0.1, 0.15) is 0 Å². The quantitative estimate of drug-likeness (QED) is 0.900. The minimum absolute atomic E-state index is 0.361. The fourth-order valence-corrected chi connectivity index (χ4v) is 2.36. The van der Waals surface area contributed by atoms with Crippen LogP contribution in [0.4, 0.5) is 0 Å². The van der Waals surface area contributed by atoms with Crippen molar-refractivity contribution in [2.45, 2.75) is 12.6 Å². The second-order valence-corrected chi connectivity index (χ2v) is 4.71. The fourth-order valence-electron chi connectivity index (χ4n) is 1.87. The van der Waals surface area contributed by atoms with Gasteiger partial charge >= 0.3 is 0 Å². The van der Waals surface area contributed by atoms with Crippen molar-refractivity contribution in [2.24, 2.45) is 0 Å². The molecular weight excluding hydrogens is 268 g/mol. The number of hydrogen-bond donors (Lipinski definition) is 2. The van der Waals surface area contributed by atoms with Crippen LogP contribution in [0.2, 0.25) is 0 Å². The van der Waals surface area contributed by atoms with E-state index in [1.165, 1.54) is 5.39 Å². The summed E-state index contributed by atoms with van der Waals surface area (Å²) in [6.07, 6.45) is 1.65. The average Bonchev–Trinajstić information content (AvgIpc) is 2.64. The van der Waals surface area contributed by atoms with Gasteiger partial charge in [0.1, 0.15) is 0 Å². The zero-order valence-electron chi connectivity index (χ0n) is 9.15. The summed E-state index contributed by atoms with van der Waals surface area (Å²) in [5.41, 5.74) is 1.14. The minimum atomic E-state index is -0.361. The van der Waals surface area contributed by atoms with Gasteiger partial charge in [-0.25, -0.2) is 0 Å². The molecule has 0 amide bonds. The number of rotatable bonds is 4. The van der Waals surface area contributed by atoms with Gasteiger partial charge in [-0.1, -0.05) is 22.0 Å². The van der Waals surface area contributed by atoms with Crippen molar-refractivity contribution in [2.75, 3.05) is 13.6 Å². The maximum absolute atomic E-state index is 9.75. The Labute approximate surface area is 103 Å². The van der Waals surface area contributed by atoms with E-state index < -0.39 is 0 Å². The lowest BCUT2D eigenvalue weighted by Gasteiger charge is -2.12. The van der Waals surface area contributed by atoms with Crippen LogP contribution in [-0.4, -0.2) is 29.4 Å². The van der Waals surface area contributed by atoms with Crippen LogP contribution in [0, 0.1) is 0 Å². The summed E-state index contributed by atoms with van der Waals surface area (Å²) < 4.78 is 3.16. The summed E-state index contributed by atoms with van der Waals surface area (Å²) in [4.78, 5) is 0. The first-order chi connectivity index (χ1) is 7.72. The van der Waals surface area contributed by atoms with Gasteiger partial charge in [-0.05, 0) is 25.2 Å². The van der Waals surface area contributed by atoms with Crippen molar-refractivity contribution in [1.82, 2.24) is 9.88 Å². The monoisotopic (exact) mass is 282 g/mol. The number of likely N-dealkylation sites (N-methyl/N-ethyl adjacent to an activating group) is 1. The highest BCUT2D eigenvalue weighted by Crippen LogP contribution is 2.24. The molecule has 4 heteroatoms. The maximum Gasteiger partial charge on any atom is 0.0843 e. The zero-order chi connectivity index (χ0) is 11.5. The molecule has 0 fully saturated rings. The normalized spacial score (nSPS) is 13.2. The summed E-state index contributed by atoms with van der Waals surface area (Å²) >= 11 is 3.52. The Balaban J connectivity index is 2.28. The second-order valence-electron chi connectivity index (χ2n) is 3.85. The van der Waals surface area contributed by atoms with E-state index in [9.17, 15) is 5.11 Å². The van der Waals surface area contributed by atoms with Gasteiger partial charge in [0.05, 0.1) is 6.10 Å². The molecule has 0 spiro atoms. The van der Waals surface area contributed by atoms with Crippen molar-refractivity contribution < 1.29 is 5.11 Å². The molecule has 1 aromatic heterocycles. The number of aliphatic hydroxyl groups is 1. The number of fused-ring (bicyclic) bond motifs is 1. The fraction of sp³-hybridized carbons (Fsp3) is 0.333. The smallest absolute Gasteiger partial charge is 0.0843 e. The SMILES string of the molecule is CNCC(O)Cn1ccc2c(Br)cccc21. The molecule has 2 rings (SSSR count). The van der Waals surface area contributed by atoms with E-state index in [-0.39, 0.29) is 6.10 Å². The van der Waals surface area contributed by atoms with Crippen LogP contribution in [0.3, 0.4) is 0 Å². The van der Waals surface area contributed by atoms with Gasteiger partial charge in [-0.2, -0.15) is 0 Å². The highest BCUT2D eigenvalue weighted by molar-refractivity contribution is 9.10. The third-order valence-corrected chi connectivity index (χ3v) is 3.30. The van der Waals surface area contributed by atoms with Gasteiger partial charge in [-0.3, -0.25) is 0 Å². The Morgan fingerprint density at radius 2 is 2.25 bits per heavy atom. The summed E-state index contributed by atoms with van der Waals surface area (Å²) in [5.74, 6) is 0. The first-order valence-electron chi connectivity index (χ1n) is 5.28. The predicted octanol–water partition coefficient (Wildman–Crippen LogP) is 1.98. The Kier molecular flexibility index (Phi) is 3.63. The van der Waals surface area contributed by atoms with Gasteiger partial charge < -0.3 is 15.0 Å². The van der Waals surface area contributed by atoms with E-state index in [0.29, 0.717) is 13.1 Å². The summed E-state index contributed by atoms with van der Waals surface area (Å²) in [5, 5.41) is 13.9. The lowest BCUT2D eigenvalue weighted by Crippen LogP contribution is -2.27. The van der Waals surface area contributed by atoms with Crippen LogP contribution in [0.25, 0.3) is 10.9 Å². The third kappa shape index (κ3) is 2.29. The molecule has 16 heavy (non-hydrogen) atoms. The number of halogens is 1. The van der Waals surface area contributed by atoms with Crippen LogP contribution in [0.15, 0.2) is 34.9 Å². The summed E-state index contributed by atoms with van der Waals surface area (Å²) in [7, 11) is 1.84. The summed E-state index contributed by atoms with van der Waals surface area (Å²) in [6.45, 7) is 1.22. The highest BCUT2D eigenvalue weighted by atomic mass is 79.9. The van der Waals surface area contributed by atoms with Crippen LogP contribution >= 0.6 is 15.9 Å². The molecule has 3 nitrogen and oxygen atoms in total. The number of benzene rings is 1. The molecule has 0 saturated carbocycles. The number of nitrogens with zero attached hydrogens (tertiary/aromatic N) is 1. The van der Waals surface area contributed by atoms with E-state index >= 15 is 0 Å². The van der Waals surface area contributed by atoms with E-state index in [2.05, 4.69) is 37.9 Å². The number of aromatic nitrogens is 1. The molecule has 2 N–H and O–H groups in total. The molecule has 0 saturated heterocycles. The molecule has 1 unspecified atom stereocenters. The first-order valence-corrected chi connectivity index (χ1v) is 6.07. The largest absolute Gasteiger partial charge is 0.390 e. The number of hydrogen-bond acceptors (Lipinski definition) is 2. The molecule has 1 aromatic carbocycles. The lowest BCUT2D eigenvalue weighted by molar-refractivity contribution is 0.155. The van der Waals surface area contributed by atoms with E-state index in [1.54, 1.807) is 0 Å². The highest BCUT2D eigenvalue weighted by Gasteiger charge is 2.07. The molecule has 1 heterocycles. The molecule has 0 aliphatic heterocycles. The van der Waals surface area contributed by atoms with Gasteiger partial charge in [0.2, 0.25) is 0 Å². The Morgan fingerprint density at radius 3 is 3.00 bits per heavy atom. The molecule has 1 atom stereocenters. The van der Waals surface area contributed by atoms with Crippen molar-refractivity contribution in [3.05, 3.63) is 34.9 Å². The van der Waals surface area contributed by atoms with Crippen LogP contribution < -0.4 is 5.32 Å². The molecule has 0 aliphatic carbocycles. The standard InChI is InChI=1S/C12H15BrN2O/c1-14-7-9(16)8-15-6-5-10-11(13)3-2-4-12(10)15/h2-6,9,14,16H,7-8H2,1H3. The maximum atomic E-state index is 9.75. The van der Waals surface area contributed by atoms with Crippen LogP contribution in [-0.2, 0) is 6.54 Å². The van der Waals surface area contributed by atoms with E-state index in [0.717, 1.165) is 9.99 Å². The zero-order valence-corrected chi connectivity index (χ0v) is 10.7. The average molecular weight is 283 g/mol. The molecule has 0 aliphatic rings. The topological polar surface area (TPSA) is 37.2 Å². The van der Waals surface area contributed by atoms with Gasteiger partial charge in [0.15, 0.2) is 0 Å². The molecular formula is C12H15BrN2O. The minimum Gasteiger partial charge on any atom is -0.390 e. The molecule has 2 aromatic rings. The van der Waals surface area contributed by atoms with E-state index in [4.69, 9.17) is 0 Å². The third-order valence-electron chi connectivity index (χ3n) is 2.61. The Morgan fingerprint density at radius 1 is 1.44 bits per heavy atom. The van der Waals surface area contributed by atoms with Gasteiger partial charge in [-0.15, -0.1) is 0 Å². The van der Waals surface area contributed by atoms with Crippen LogP contribution in [0.5, 0.6) is 0 Å².